The number of anilines is 1. The number of thioether (sulfide) groups is 1. The zero-order chi connectivity index (χ0) is 21.3. The molecule has 0 aliphatic carbocycles. The Bertz CT molecular complexity index is 982. The van der Waals surface area contributed by atoms with Gasteiger partial charge in [-0.1, -0.05) is 37.8 Å². The summed E-state index contributed by atoms with van der Waals surface area (Å²) in [4.78, 5) is 30.0. The van der Waals surface area contributed by atoms with E-state index in [4.69, 9.17) is 12.2 Å². The van der Waals surface area contributed by atoms with Crippen LogP contribution in [0.1, 0.15) is 49.8 Å². The van der Waals surface area contributed by atoms with Gasteiger partial charge >= 0.3 is 0 Å². The van der Waals surface area contributed by atoms with Gasteiger partial charge in [0.2, 0.25) is 0 Å². The summed E-state index contributed by atoms with van der Waals surface area (Å²) in [5, 5.41) is 9.55. The molecule has 2 aliphatic rings. The lowest BCUT2D eigenvalue weighted by atomic mass is 9.97. The van der Waals surface area contributed by atoms with Crippen LogP contribution in [0.4, 0.5) is 5.82 Å². The molecule has 2 fully saturated rings. The number of amides is 1. The van der Waals surface area contributed by atoms with Gasteiger partial charge in [-0.25, -0.2) is 0 Å². The van der Waals surface area contributed by atoms with E-state index < -0.39 is 0 Å². The van der Waals surface area contributed by atoms with Gasteiger partial charge in [0.25, 0.3) is 11.5 Å². The van der Waals surface area contributed by atoms with Crippen molar-refractivity contribution >= 4 is 46.1 Å². The number of piperidine rings is 1. The third-order valence-electron chi connectivity index (χ3n) is 5.65. The third-order valence-corrected chi connectivity index (χ3v) is 7.03. The van der Waals surface area contributed by atoms with Crippen molar-refractivity contribution in [2.45, 2.75) is 40.0 Å². The fourth-order valence-corrected chi connectivity index (χ4v) is 5.15. The highest BCUT2D eigenvalue weighted by atomic mass is 32.2. The van der Waals surface area contributed by atoms with Crippen LogP contribution in [0.25, 0.3) is 6.08 Å². The minimum absolute atomic E-state index is 0.105. The van der Waals surface area contributed by atoms with Crippen LogP contribution >= 0.6 is 24.0 Å². The summed E-state index contributed by atoms with van der Waals surface area (Å²) in [5.74, 6) is 1.32. The van der Waals surface area contributed by atoms with E-state index in [9.17, 15) is 14.9 Å². The minimum atomic E-state index is -0.297. The van der Waals surface area contributed by atoms with E-state index in [1.807, 2.05) is 19.1 Å². The number of pyridine rings is 1. The molecule has 0 radical (unpaired) electrons. The van der Waals surface area contributed by atoms with Gasteiger partial charge in [-0.05, 0) is 43.7 Å². The zero-order valence-corrected chi connectivity index (χ0v) is 19.0. The van der Waals surface area contributed by atoms with Gasteiger partial charge < -0.3 is 4.90 Å². The van der Waals surface area contributed by atoms with Crippen LogP contribution in [0, 0.1) is 24.2 Å². The predicted molar refractivity (Wildman–Crippen MR) is 122 cm³/mol. The largest absolute Gasteiger partial charge is 0.357 e. The maximum Gasteiger partial charge on any atom is 0.270 e. The van der Waals surface area contributed by atoms with Crippen LogP contribution < -0.4 is 10.5 Å². The fourth-order valence-electron chi connectivity index (χ4n) is 3.86. The maximum absolute atomic E-state index is 12.9. The summed E-state index contributed by atoms with van der Waals surface area (Å²) in [6.07, 6.45) is 4.74. The monoisotopic (exact) mass is 430 g/mol. The Labute approximate surface area is 181 Å². The SMILES string of the molecule is CCCN1C(=O)C(=Cc2c(C)c(C#N)c(=O)n(C)c2N2CCC(C)CC2)SC1=S. The zero-order valence-electron chi connectivity index (χ0n) is 17.3. The molecule has 3 rings (SSSR count). The van der Waals surface area contributed by atoms with E-state index in [0.717, 1.165) is 43.7 Å². The maximum atomic E-state index is 12.9. The second kappa shape index (κ2) is 8.72. The van der Waals surface area contributed by atoms with Crippen LogP contribution in [-0.2, 0) is 11.8 Å². The number of nitriles is 1. The van der Waals surface area contributed by atoms with Crippen molar-refractivity contribution in [3.05, 3.63) is 31.9 Å². The average Bonchev–Trinajstić information content (AvgIpc) is 2.95. The third kappa shape index (κ3) is 3.99. The number of rotatable bonds is 4. The first-order chi connectivity index (χ1) is 13.8. The van der Waals surface area contributed by atoms with Crippen LogP contribution in [-0.4, -0.2) is 39.3 Å². The lowest BCUT2D eigenvalue weighted by Gasteiger charge is -2.34. The average molecular weight is 431 g/mol. The molecule has 0 saturated carbocycles. The molecule has 0 bridgehead atoms. The lowest BCUT2D eigenvalue weighted by Crippen LogP contribution is -2.38. The highest BCUT2D eigenvalue weighted by Crippen LogP contribution is 2.36. The van der Waals surface area contributed by atoms with Crippen molar-refractivity contribution in [2.75, 3.05) is 24.5 Å². The molecule has 0 unspecified atom stereocenters. The van der Waals surface area contributed by atoms with Crippen molar-refractivity contribution in [2.24, 2.45) is 13.0 Å². The van der Waals surface area contributed by atoms with Crippen LogP contribution in [0.3, 0.4) is 0 Å². The fraction of sp³-hybridized carbons (Fsp3) is 0.524. The quantitative estimate of drug-likeness (QED) is 0.539. The molecular weight excluding hydrogens is 404 g/mol. The molecule has 0 N–H and O–H groups in total. The number of hydrogen-bond donors (Lipinski definition) is 0. The van der Waals surface area contributed by atoms with Crippen molar-refractivity contribution in [3.63, 3.8) is 0 Å². The molecule has 1 aromatic rings. The number of hydrogen-bond acceptors (Lipinski definition) is 6. The molecule has 3 heterocycles. The van der Waals surface area contributed by atoms with Gasteiger partial charge in [0.1, 0.15) is 21.8 Å². The Morgan fingerprint density at radius 2 is 1.97 bits per heavy atom. The molecule has 2 saturated heterocycles. The summed E-state index contributed by atoms with van der Waals surface area (Å²) < 4.78 is 2.11. The van der Waals surface area contributed by atoms with E-state index in [1.165, 1.54) is 11.8 Å². The molecule has 2 aliphatic heterocycles. The first-order valence-corrected chi connectivity index (χ1v) is 11.2. The molecule has 29 heavy (non-hydrogen) atoms. The highest BCUT2D eigenvalue weighted by Gasteiger charge is 2.32. The van der Waals surface area contributed by atoms with Gasteiger partial charge in [0.05, 0.1) is 4.91 Å². The number of carbonyl (C=O) groups excluding carboxylic acids is 1. The Morgan fingerprint density at radius 3 is 2.55 bits per heavy atom. The van der Waals surface area contributed by atoms with Crippen molar-refractivity contribution in [3.8, 4) is 6.07 Å². The van der Waals surface area contributed by atoms with Crippen LogP contribution in [0.2, 0.25) is 0 Å². The Hall–Kier alpha value is -2.11. The smallest absolute Gasteiger partial charge is 0.270 e. The van der Waals surface area contributed by atoms with Gasteiger partial charge in [-0.2, -0.15) is 5.26 Å². The molecular formula is C21H26N4O2S2. The Balaban J connectivity index is 2.16. The topological polar surface area (TPSA) is 69.3 Å². The molecule has 0 atom stereocenters. The van der Waals surface area contributed by atoms with Gasteiger partial charge in [0.15, 0.2) is 0 Å². The summed E-state index contributed by atoms with van der Waals surface area (Å²) in [5.41, 5.74) is 1.20. The number of carbonyl (C=O) groups is 1. The first kappa shape index (κ1) is 21.6. The molecule has 0 spiro atoms. The van der Waals surface area contributed by atoms with Crippen molar-refractivity contribution < 1.29 is 4.79 Å². The van der Waals surface area contributed by atoms with E-state index in [1.54, 1.807) is 23.4 Å². The molecule has 154 valence electrons. The van der Waals surface area contributed by atoms with E-state index >= 15 is 0 Å². The van der Waals surface area contributed by atoms with E-state index in [0.29, 0.717) is 27.3 Å². The number of aromatic nitrogens is 1. The first-order valence-electron chi connectivity index (χ1n) is 9.94. The summed E-state index contributed by atoms with van der Waals surface area (Å²) in [6.45, 7) is 8.31. The van der Waals surface area contributed by atoms with Gasteiger partial charge in [-0.3, -0.25) is 19.1 Å². The molecule has 0 aromatic carbocycles. The van der Waals surface area contributed by atoms with Crippen LogP contribution in [0.15, 0.2) is 9.70 Å². The standard InChI is InChI=1S/C21H26N4O2S2/c1-5-8-25-20(27)17(29-21(25)28)11-15-14(3)16(12-22)19(26)23(4)18(15)24-9-6-13(2)7-10-24/h11,13H,5-10H2,1-4H3. The molecule has 6 nitrogen and oxygen atoms in total. The normalized spacial score (nSPS) is 19.3. The molecule has 1 amide bonds. The van der Waals surface area contributed by atoms with E-state index in [2.05, 4.69) is 11.8 Å². The summed E-state index contributed by atoms with van der Waals surface area (Å²) in [7, 11) is 1.70. The minimum Gasteiger partial charge on any atom is -0.357 e. The predicted octanol–water partition coefficient (Wildman–Crippen LogP) is 3.41. The van der Waals surface area contributed by atoms with E-state index in [-0.39, 0.29) is 17.0 Å². The Kier molecular flexibility index (Phi) is 6.49. The highest BCUT2D eigenvalue weighted by molar-refractivity contribution is 8.26. The molecule has 1 aromatic heterocycles. The van der Waals surface area contributed by atoms with Crippen molar-refractivity contribution in [1.82, 2.24) is 9.47 Å². The molecule has 8 heteroatoms. The van der Waals surface area contributed by atoms with Crippen LogP contribution in [0.5, 0.6) is 0 Å². The second-order valence-corrected chi connectivity index (χ2v) is 9.39. The van der Waals surface area contributed by atoms with Gasteiger partial charge in [-0.15, -0.1) is 0 Å². The number of thiocarbonyl (C=S) groups is 1. The second-order valence-electron chi connectivity index (χ2n) is 7.72. The summed E-state index contributed by atoms with van der Waals surface area (Å²) >= 11 is 6.67. The number of nitrogens with zero attached hydrogens (tertiary/aromatic N) is 4. The van der Waals surface area contributed by atoms with Gasteiger partial charge in [0, 0.05) is 32.2 Å². The lowest BCUT2D eigenvalue weighted by molar-refractivity contribution is -0.122. The van der Waals surface area contributed by atoms with Crippen molar-refractivity contribution in [1.29, 1.82) is 5.26 Å². The Morgan fingerprint density at radius 1 is 1.31 bits per heavy atom. The summed E-state index contributed by atoms with van der Waals surface area (Å²) in [6, 6.07) is 2.05.